The standard InChI is InChI=1S/C13H17BrN2O2S/c1-11(14)9-15-7-8-16(19(2,17)18)13-6-4-3-5-12(13)10-15/h3-6H,1,7-10H2,2H3. The van der Waals surface area contributed by atoms with Crippen molar-refractivity contribution in [1.29, 1.82) is 0 Å². The van der Waals surface area contributed by atoms with Gasteiger partial charge in [0, 0.05) is 30.7 Å². The molecular weight excluding hydrogens is 328 g/mol. The van der Waals surface area contributed by atoms with E-state index in [0.29, 0.717) is 19.6 Å². The van der Waals surface area contributed by atoms with Gasteiger partial charge in [0.05, 0.1) is 11.9 Å². The van der Waals surface area contributed by atoms with Crippen LogP contribution in [0.2, 0.25) is 0 Å². The predicted molar refractivity (Wildman–Crippen MR) is 82.0 cm³/mol. The highest BCUT2D eigenvalue weighted by molar-refractivity contribution is 9.11. The molecule has 1 aliphatic heterocycles. The van der Waals surface area contributed by atoms with E-state index >= 15 is 0 Å². The lowest BCUT2D eigenvalue weighted by atomic mass is 10.2. The Morgan fingerprint density at radius 3 is 2.68 bits per heavy atom. The summed E-state index contributed by atoms with van der Waals surface area (Å²) in [4.78, 5) is 2.18. The molecule has 0 unspecified atom stereocenters. The van der Waals surface area contributed by atoms with Gasteiger partial charge < -0.3 is 0 Å². The molecule has 1 heterocycles. The van der Waals surface area contributed by atoms with Gasteiger partial charge in [-0.25, -0.2) is 8.42 Å². The highest BCUT2D eigenvalue weighted by atomic mass is 79.9. The number of hydrogen-bond acceptors (Lipinski definition) is 3. The van der Waals surface area contributed by atoms with E-state index < -0.39 is 10.0 Å². The molecule has 0 atom stereocenters. The highest BCUT2D eigenvalue weighted by Gasteiger charge is 2.25. The molecule has 0 amide bonds. The van der Waals surface area contributed by atoms with Gasteiger partial charge in [0.2, 0.25) is 10.0 Å². The minimum atomic E-state index is -3.24. The Balaban J connectivity index is 2.37. The number of rotatable bonds is 3. The maximum atomic E-state index is 11.9. The zero-order chi connectivity index (χ0) is 14.0. The van der Waals surface area contributed by atoms with Crippen LogP contribution in [0, 0.1) is 0 Å². The van der Waals surface area contributed by atoms with E-state index in [2.05, 4.69) is 27.4 Å². The molecule has 0 aliphatic carbocycles. The second-order valence-corrected chi connectivity index (χ2v) is 7.72. The van der Waals surface area contributed by atoms with Crippen molar-refractivity contribution in [3.8, 4) is 0 Å². The van der Waals surface area contributed by atoms with Crippen LogP contribution in [-0.2, 0) is 16.6 Å². The number of para-hydroxylation sites is 1. The van der Waals surface area contributed by atoms with Crippen molar-refractivity contribution >= 4 is 31.6 Å². The molecule has 0 N–H and O–H groups in total. The number of hydrogen-bond donors (Lipinski definition) is 0. The maximum Gasteiger partial charge on any atom is 0.232 e. The minimum absolute atomic E-state index is 0.468. The maximum absolute atomic E-state index is 11.9. The molecule has 0 spiro atoms. The summed E-state index contributed by atoms with van der Waals surface area (Å²) in [6.07, 6.45) is 1.25. The summed E-state index contributed by atoms with van der Waals surface area (Å²) in [6, 6.07) is 7.65. The van der Waals surface area contributed by atoms with Crippen molar-refractivity contribution in [2.75, 3.05) is 30.2 Å². The van der Waals surface area contributed by atoms with Gasteiger partial charge in [-0.05, 0) is 11.6 Å². The molecule has 4 nitrogen and oxygen atoms in total. The Morgan fingerprint density at radius 1 is 1.37 bits per heavy atom. The average molecular weight is 345 g/mol. The fraction of sp³-hybridized carbons (Fsp3) is 0.385. The normalized spacial score (nSPS) is 16.8. The lowest BCUT2D eigenvalue weighted by Crippen LogP contribution is -2.35. The highest BCUT2D eigenvalue weighted by Crippen LogP contribution is 2.27. The van der Waals surface area contributed by atoms with Gasteiger partial charge in [-0.15, -0.1) is 0 Å². The van der Waals surface area contributed by atoms with Crippen molar-refractivity contribution in [1.82, 2.24) is 4.90 Å². The summed E-state index contributed by atoms with van der Waals surface area (Å²) < 4.78 is 26.2. The number of nitrogens with zero attached hydrogens (tertiary/aromatic N) is 2. The summed E-state index contributed by atoms with van der Waals surface area (Å²) in [5, 5.41) is 0. The van der Waals surface area contributed by atoms with Crippen LogP contribution in [0.15, 0.2) is 35.3 Å². The van der Waals surface area contributed by atoms with Crippen LogP contribution in [0.4, 0.5) is 5.69 Å². The number of benzene rings is 1. The molecule has 0 saturated heterocycles. The first-order valence-electron chi connectivity index (χ1n) is 5.99. The monoisotopic (exact) mass is 344 g/mol. The van der Waals surface area contributed by atoms with Crippen LogP contribution in [0.25, 0.3) is 0 Å². The van der Waals surface area contributed by atoms with Gasteiger partial charge in [0.25, 0.3) is 0 Å². The first kappa shape index (κ1) is 14.6. The quantitative estimate of drug-likeness (QED) is 0.843. The number of sulfonamides is 1. The Hall–Kier alpha value is -0.850. The van der Waals surface area contributed by atoms with E-state index in [4.69, 9.17) is 0 Å². The van der Waals surface area contributed by atoms with Crippen LogP contribution < -0.4 is 4.31 Å². The Morgan fingerprint density at radius 2 is 2.05 bits per heavy atom. The van der Waals surface area contributed by atoms with Crippen molar-refractivity contribution in [2.24, 2.45) is 0 Å². The number of fused-ring (bicyclic) bond motifs is 1. The smallest absolute Gasteiger partial charge is 0.232 e. The van der Waals surface area contributed by atoms with Crippen LogP contribution >= 0.6 is 15.9 Å². The van der Waals surface area contributed by atoms with Gasteiger partial charge >= 0.3 is 0 Å². The van der Waals surface area contributed by atoms with Crippen molar-refractivity contribution in [2.45, 2.75) is 6.54 Å². The molecule has 1 aliphatic rings. The summed E-state index contributed by atoms with van der Waals surface area (Å²) in [5.74, 6) is 0. The van der Waals surface area contributed by atoms with Crippen molar-refractivity contribution in [3.63, 3.8) is 0 Å². The van der Waals surface area contributed by atoms with Crippen molar-refractivity contribution < 1.29 is 8.42 Å². The SMILES string of the molecule is C=C(Br)CN1CCN(S(C)(=O)=O)c2ccccc2C1. The topological polar surface area (TPSA) is 40.6 Å². The van der Waals surface area contributed by atoms with Crippen LogP contribution in [0.5, 0.6) is 0 Å². The average Bonchev–Trinajstić information content (AvgIpc) is 2.46. The molecule has 1 aromatic carbocycles. The lowest BCUT2D eigenvalue weighted by Gasteiger charge is -2.22. The molecule has 0 fully saturated rings. The molecule has 0 radical (unpaired) electrons. The van der Waals surface area contributed by atoms with Gasteiger partial charge in [0.15, 0.2) is 0 Å². The summed E-state index contributed by atoms with van der Waals surface area (Å²) in [6.45, 7) is 6.45. The van der Waals surface area contributed by atoms with E-state index in [1.165, 1.54) is 10.6 Å². The second-order valence-electron chi connectivity index (χ2n) is 4.69. The zero-order valence-corrected chi connectivity index (χ0v) is 13.2. The van der Waals surface area contributed by atoms with Gasteiger partial charge in [-0.2, -0.15) is 0 Å². The third-order valence-electron chi connectivity index (χ3n) is 3.07. The molecule has 19 heavy (non-hydrogen) atoms. The van der Waals surface area contributed by atoms with Crippen molar-refractivity contribution in [3.05, 3.63) is 40.9 Å². The Bertz CT molecular complexity index is 586. The van der Waals surface area contributed by atoms with Gasteiger partial charge in [-0.1, -0.05) is 40.7 Å². The molecule has 104 valence electrons. The molecule has 0 saturated carbocycles. The van der Waals surface area contributed by atoms with E-state index in [9.17, 15) is 8.42 Å². The van der Waals surface area contributed by atoms with E-state index in [1.54, 1.807) is 0 Å². The molecular formula is C13H17BrN2O2S. The number of halogens is 1. The minimum Gasteiger partial charge on any atom is -0.292 e. The Kier molecular flexibility index (Phi) is 4.32. The molecule has 2 rings (SSSR count). The molecule has 0 aromatic heterocycles. The zero-order valence-electron chi connectivity index (χ0n) is 10.8. The van der Waals surface area contributed by atoms with Crippen LogP contribution in [0.3, 0.4) is 0 Å². The fourth-order valence-electron chi connectivity index (χ4n) is 2.28. The van der Waals surface area contributed by atoms with Crippen LogP contribution in [-0.4, -0.2) is 39.2 Å². The van der Waals surface area contributed by atoms with Gasteiger partial charge in [0.1, 0.15) is 0 Å². The van der Waals surface area contributed by atoms with Gasteiger partial charge in [-0.3, -0.25) is 9.21 Å². The fourth-order valence-corrected chi connectivity index (χ4v) is 3.59. The summed E-state index contributed by atoms with van der Waals surface area (Å²) in [5.41, 5.74) is 1.81. The first-order chi connectivity index (χ1) is 8.88. The molecule has 0 bridgehead atoms. The molecule has 6 heteroatoms. The van der Waals surface area contributed by atoms with Crippen LogP contribution in [0.1, 0.15) is 5.56 Å². The van der Waals surface area contributed by atoms with E-state index in [-0.39, 0.29) is 0 Å². The van der Waals surface area contributed by atoms with E-state index in [0.717, 1.165) is 22.3 Å². The molecule has 1 aromatic rings. The third kappa shape index (κ3) is 3.58. The second kappa shape index (κ2) is 5.64. The largest absolute Gasteiger partial charge is 0.292 e. The lowest BCUT2D eigenvalue weighted by molar-refractivity contribution is 0.308. The predicted octanol–water partition coefficient (Wildman–Crippen LogP) is 2.18. The summed E-state index contributed by atoms with van der Waals surface area (Å²) in [7, 11) is -3.24. The summed E-state index contributed by atoms with van der Waals surface area (Å²) >= 11 is 3.36. The van der Waals surface area contributed by atoms with E-state index in [1.807, 2.05) is 24.3 Å². The third-order valence-corrected chi connectivity index (χ3v) is 4.50. The number of anilines is 1. The first-order valence-corrected chi connectivity index (χ1v) is 8.63. The Labute approximate surface area is 122 Å².